The fraction of sp³-hybridized carbons (Fsp3) is 0.238. The molecule has 0 saturated heterocycles. The molecule has 29 heavy (non-hydrogen) atoms. The van der Waals surface area contributed by atoms with Gasteiger partial charge in [-0.25, -0.2) is 0 Å². The third kappa shape index (κ3) is 4.44. The molecule has 4 aromatic rings. The van der Waals surface area contributed by atoms with E-state index in [-0.39, 0.29) is 0 Å². The summed E-state index contributed by atoms with van der Waals surface area (Å²) in [6.07, 6.45) is 4.87. The Morgan fingerprint density at radius 3 is 1.45 bits per heavy atom. The molecular weight excluding hydrogens is 400 g/mol. The summed E-state index contributed by atoms with van der Waals surface area (Å²) in [6, 6.07) is 20.2. The van der Waals surface area contributed by atoms with Crippen molar-refractivity contribution in [2.24, 2.45) is 0 Å². The normalized spacial score (nSPS) is 11.0. The summed E-state index contributed by atoms with van der Waals surface area (Å²) >= 11 is 10.8. The van der Waals surface area contributed by atoms with Crippen LogP contribution in [0, 0.1) is 9.54 Å². The van der Waals surface area contributed by atoms with Gasteiger partial charge in [0.15, 0.2) is 9.54 Å². The summed E-state index contributed by atoms with van der Waals surface area (Å²) in [5.41, 5.74) is 2.08. The molecule has 0 bridgehead atoms. The number of aromatic nitrogens is 6. The van der Waals surface area contributed by atoms with Crippen molar-refractivity contribution in [1.82, 2.24) is 29.5 Å². The summed E-state index contributed by atoms with van der Waals surface area (Å²) in [4.78, 5) is 0. The predicted octanol–water partition coefficient (Wildman–Crippen LogP) is 5.13. The number of nitrogens with zero attached hydrogens (tertiary/aromatic N) is 4. The molecule has 148 valence electrons. The molecule has 8 heteroatoms. The molecule has 2 heterocycles. The van der Waals surface area contributed by atoms with Gasteiger partial charge in [-0.2, -0.15) is 10.2 Å². The van der Waals surface area contributed by atoms with Crippen LogP contribution in [0.4, 0.5) is 0 Å². The van der Waals surface area contributed by atoms with Crippen molar-refractivity contribution in [3.8, 4) is 11.4 Å². The molecular formula is C21H22N6S2. The SMILES string of the molecule is S=c1[nH]nc(CCCCCc2n[nH]c(=S)n2-c2ccccc2)n1-c1ccccc1. The maximum atomic E-state index is 5.40. The summed E-state index contributed by atoms with van der Waals surface area (Å²) < 4.78 is 5.28. The van der Waals surface area contributed by atoms with Crippen LogP contribution in [0.3, 0.4) is 0 Å². The van der Waals surface area contributed by atoms with Crippen molar-refractivity contribution in [3.05, 3.63) is 81.9 Å². The van der Waals surface area contributed by atoms with Crippen LogP contribution in [0.1, 0.15) is 30.9 Å². The zero-order chi connectivity index (χ0) is 20.1. The third-order valence-corrected chi connectivity index (χ3v) is 5.36. The van der Waals surface area contributed by atoms with E-state index in [9.17, 15) is 0 Å². The molecule has 4 rings (SSSR count). The van der Waals surface area contributed by atoms with Crippen LogP contribution in [-0.4, -0.2) is 29.5 Å². The maximum Gasteiger partial charge on any atom is 0.199 e. The maximum absolute atomic E-state index is 5.40. The average Bonchev–Trinajstić information content (AvgIpc) is 3.31. The second-order valence-electron chi connectivity index (χ2n) is 6.79. The van der Waals surface area contributed by atoms with E-state index in [0.717, 1.165) is 55.1 Å². The highest BCUT2D eigenvalue weighted by Gasteiger charge is 2.10. The highest BCUT2D eigenvalue weighted by Crippen LogP contribution is 2.15. The number of aryl methyl sites for hydroxylation is 2. The predicted molar refractivity (Wildman–Crippen MR) is 119 cm³/mol. The molecule has 0 aliphatic heterocycles. The minimum absolute atomic E-state index is 0.629. The van der Waals surface area contributed by atoms with Gasteiger partial charge >= 0.3 is 0 Å². The molecule has 0 aliphatic carbocycles. The van der Waals surface area contributed by atoms with Gasteiger partial charge in [0, 0.05) is 24.2 Å². The lowest BCUT2D eigenvalue weighted by atomic mass is 10.1. The molecule has 0 radical (unpaired) electrons. The first-order valence-electron chi connectivity index (χ1n) is 9.67. The second kappa shape index (κ2) is 9.11. The largest absolute Gasteiger partial charge is 0.272 e. The number of H-pyrrole nitrogens is 2. The van der Waals surface area contributed by atoms with Crippen molar-refractivity contribution in [3.63, 3.8) is 0 Å². The van der Waals surface area contributed by atoms with Gasteiger partial charge in [0.05, 0.1) is 0 Å². The minimum Gasteiger partial charge on any atom is -0.272 e. The zero-order valence-corrected chi connectivity index (χ0v) is 17.5. The first kappa shape index (κ1) is 19.5. The monoisotopic (exact) mass is 422 g/mol. The fourth-order valence-electron chi connectivity index (χ4n) is 3.42. The number of hydrogen-bond donors (Lipinski definition) is 2. The first-order chi connectivity index (χ1) is 14.2. The summed E-state index contributed by atoms with van der Waals surface area (Å²) in [5, 5.41) is 14.7. The van der Waals surface area contributed by atoms with Gasteiger partial charge in [0.25, 0.3) is 0 Å². The molecule has 6 nitrogen and oxygen atoms in total. The van der Waals surface area contributed by atoms with Crippen LogP contribution in [-0.2, 0) is 12.8 Å². The van der Waals surface area contributed by atoms with E-state index in [0.29, 0.717) is 9.54 Å². The summed E-state index contributed by atoms with van der Waals surface area (Å²) in [5.74, 6) is 1.93. The Morgan fingerprint density at radius 2 is 1.03 bits per heavy atom. The average molecular weight is 423 g/mol. The van der Waals surface area contributed by atoms with E-state index in [1.54, 1.807) is 0 Å². The molecule has 0 atom stereocenters. The zero-order valence-electron chi connectivity index (χ0n) is 15.9. The van der Waals surface area contributed by atoms with Crippen LogP contribution in [0.15, 0.2) is 60.7 Å². The van der Waals surface area contributed by atoms with Gasteiger partial charge in [-0.15, -0.1) is 0 Å². The van der Waals surface area contributed by atoms with Crippen molar-refractivity contribution in [1.29, 1.82) is 0 Å². The Morgan fingerprint density at radius 1 is 0.621 bits per heavy atom. The fourth-order valence-corrected chi connectivity index (χ4v) is 3.94. The Labute approximate surface area is 179 Å². The van der Waals surface area contributed by atoms with E-state index in [1.807, 2.05) is 69.8 Å². The number of nitrogens with one attached hydrogen (secondary N) is 2. The first-order valence-corrected chi connectivity index (χ1v) is 10.5. The van der Waals surface area contributed by atoms with Crippen LogP contribution in [0.25, 0.3) is 11.4 Å². The lowest BCUT2D eigenvalue weighted by Crippen LogP contribution is -2.03. The van der Waals surface area contributed by atoms with E-state index in [2.05, 4.69) is 20.4 Å². The number of benzene rings is 2. The number of unbranched alkanes of at least 4 members (excludes halogenated alkanes) is 2. The standard InChI is InChI=1S/C21H22N6S2/c28-20-24-22-18(26(20)16-10-4-1-5-11-16)14-8-3-9-15-19-23-25-21(29)27(19)17-12-6-2-7-13-17/h1-2,4-7,10-13H,3,8-9,14-15H2,(H,24,28)(H,25,29). The van der Waals surface area contributed by atoms with Crippen LogP contribution < -0.4 is 0 Å². The van der Waals surface area contributed by atoms with Gasteiger partial charge < -0.3 is 0 Å². The minimum atomic E-state index is 0.629. The summed E-state index contributed by atoms with van der Waals surface area (Å²) in [6.45, 7) is 0. The van der Waals surface area contributed by atoms with Gasteiger partial charge in [-0.1, -0.05) is 42.8 Å². The highest BCUT2D eigenvalue weighted by atomic mass is 32.1. The van der Waals surface area contributed by atoms with Crippen molar-refractivity contribution in [2.75, 3.05) is 0 Å². The molecule has 0 aliphatic rings. The second-order valence-corrected chi connectivity index (χ2v) is 7.57. The lowest BCUT2D eigenvalue weighted by Gasteiger charge is -2.08. The Kier molecular flexibility index (Phi) is 6.12. The lowest BCUT2D eigenvalue weighted by molar-refractivity contribution is 0.638. The topological polar surface area (TPSA) is 67.2 Å². The van der Waals surface area contributed by atoms with Gasteiger partial charge in [-0.3, -0.25) is 19.3 Å². The van der Waals surface area contributed by atoms with E-state index in [4.69, 9.17) is 24.4 Å². The van der Waals surface area contributed by atoms with Crippen molar-refractivity contribution in [2.45, 2.75) is 32.1 Å². The van der Waals surface area contributed by atoms with E-state index < -0.39 is 0 Å². The van der Waals surface area contributed by atoms with Crippen LogP contribution in [0.5, 0.6) is 0 Å². The molecule has 2 aromatic carbocycles. The Bertz CT molecular complexity index is 1080. The van der Waals surface area contributed by atoms with Gasteiger partial charge in [0.1, 0.15) is 11.6 Å². The van der Waals surface area contributed by atoms with E-state index >= 15 is 0 Å². The van der Waals surface area contributed by atoms with Gasteiger partial charge in [0.2, 0.25) is 0 Å². The van der Waals surface area contributed by atoms with Crippen LogP contribution >= 0.6 is 24.4 Å². The van der Waals surface area contributed by atoms with Crippen molar-refractivity contribution >= 4 is 24.4 Å². The quantitative estimate of drug-likeness (QED) is 0.305. The number of rotatable bonds is 8. The Hall–Kier alpha value is -2.84. The molecule has 0 amide bonds. The van der Waals surface area contributed by atoms with Crippen LogP contribution in [0.2, 0.25) is 0 Å². The summed E-state index contributed by atoms with van der Waals surface area (Å²) in [7, 11) is 0. The van der Waals surface area contributed by atoms with Crippen molar-refractivity contribution < 1.29 is 0 Å². The smallest absolute Gasteiger partial charge is 0.199 e. The molecule has 0 saturated carbocycles. The highest BCUT2D eigenvalue weighted by molar-refractivity contribution is 7.71. The molecule has 0 spiro atoms. The number of hydrogen-bond acceptors (Lipinski definition) is 4. The molecule has 2 N–H and O–H groups in total. The number of para-hydroxylation sites is 2. The van der Waals surface area contributed by atoms with E-state index in [1.165, 1.54) is 0 Å². The molecule has 2 aromatic heterocycles. The van der Waals surface area contributed by atoms with Gasteiger partial charge in [-0.05, 0) is 61.5 Å². The third-order valence-electron chi connectivity index (χ3n) is 4.81. The Balaban J connectivity index is 1.36. The molecule has 0 fully saturated rings. The number of aromatic amines is 2. The molecule has 0 unspecified atom stereocenters.